The molecule has 0 spiro atoms. The minimum absolute atomic E-state index is 0.297. The van der Waals surface area contributed by atoms with E-state index in [4.69, 9.17) is 16.3 Å². The molecule has 0 bridgehead atoms. The number of rotatable bonds is 9. The van der Waals surface area contributed by atoms with Crippen LogP contribution in [0.15, 0.2) is 0 Å². The third-order valence-corrected chi connectivity index (χ3v) is 4.75. The summed E-state index contributed by atoms with van der Waals surface area (Å²) in [7, 11) is 0. The number of halogens is 1. The Hall–Kier alpha value is 0.210. The molecule has 0 aliphatic carbocycles. The Morgan fingerprint density at radius 2 is 2.12 bits per heavy atom. The molecular formula is C14H28ClNO. The SMILES string of the molecule is CCC(CC)(CCl)CNCCCC1CCCO1. The molecule has 3 heteroatoms. The van der Waals surface area contributed by atoms with Crippen molar-refractivity contribution >= 4 is 11.6 Å². The van der Waals surface area contributed by atoms with Crippen molar-refractivity contribution in [1.82, 2.24) is 5.32 Å². The zero-order chi connectivity index (χ0) is 12.6. The minimum atomic E-state index is 0.297. The summed E-state index contributed by atoms with van der Waals surface area (Å²) in [5.74, 6) is 0.763. The summed E-state index contributed by atoms with van der Waals surface area (Å²) in [6.07, 6.45) is 7.79. The van der Waals surface area contributed by atoms with Crippen LogP contribution in [-0.2, 0) is 4.74 Å². The monoisotopic (exact) mass is 261 g/mol. The summed E-state index contributed by atoms with van der Waals surface area (Å²) in [6.45, 7) is 7.59. The van der Waals surface area contributed by atoms with E-state index in [-0.39, 0.29) is 0 Å². The fraction of sp³-hybridized carbons (Fsp3) is 1.00. The van der Waals surface area contributed by atoms with Crippen LogP contribution in [0.25, 0.3) is 0 Å². The Bertz CT molecular complexity index is 180. The van der Waals surface area contributed by atoms with Gasteiger partial charge in [-0.2, -0.15) is 0 Å². The van der Waals surface area contributed by atoms with Crippen molar-refractivity contribution < 1.29 is 4.74 Å². The Morgan fingerprint density at radius 1 is 1.35 bits per heavy atom. The van der Waals surface area contributed by atoms with Gasteiger partial charge in [0.15, 0.2) is 0 Å². The summed E-state index contributed by atoms with van der Waals surface area (Å²) in [6, 6.07) is 0. The van der Waals surface area contributed by atoms with Crippen molar-refractivity contribution in [1.29, 1.82) is 0 Å². The highest BCUT2D eigenvalue weighted by molar-refractivity contribution is 6.18. The van der Waals surface area contributed by atoms with Gasteiger partial charge >= 0.3 is 0 Å². The van der Waals surface area contributed by atoms with Gasteiger partial charge in [0.05, 0.1) is 6.10 Å². The van der Waals surface area contributed by atoms with Gasteiger partial charge in [-0.1, -0.05) is 13.8 Å². The van der Waals surface area contributed by atoms with Crippen molar-refractivity contribution in [3.8, 4) is 0 Å². The van der Waals surface area contributed by atoms with Gasteiger partial charge in [-0.05, 0) is 50.5 Å². The summed E-state index contributed by atoms with van der Waals surface area (Å²) < 4.78 is 5.62. The Kier molecular flexibility index (Phi) is 7.49. The van der Waals surface area contributed by atoms with Crippen molar-refractivity contribution in [2.45, 2.75) is 58.5 Å². The lowest BCUT2D eigenvalue weighted by atomic mass is 9.84. The molecule has 0 saturated carbocycles. The second-order valence-electron chi connectivity index (χ2n) is 5.29. The normalized spacial score (nSPS) is 21.0. The Balaban J connectivity index is 2.05. The first kappa shape index (κ1) is 15.3. The van der Waals surface area contributed by atoms with Crippen LogP contribution in [-0.4, -0.2) is 31.7 Å². The van der Waals surface area contributed by atoms with E-state index in [0.29, 0.717) is 11.5 Å². The first-order valence-electron chi connectivity index (χ1n) is 7.14. The van der Waals surface area contributed by atoms with Gasteiger partial charge < -0.3 is 10.1 Å². The number of ether oxygens (including phenoxy) is 1. The van der Waals surface area contributed by atoms with Gasteiger partial charge in [-0.25, -0.2) is 0 Å². The molecule has 1 rings (SSSR count). The molecule has 2 nitrogen and oxygen atoms in total. The molecule has 0 aromatic heterocycles. The molecule has 0 amide bonds. The highest BCUT2D eigenvalue weighted by Crippen LogP contribution is 2.26. The van der Waals surface area contributed by atoms with E-state index in [1.165, 1.54) is 25.7 Å². The van der Waals surface area contributed by atoms with Gasteiger partial charge in [0.1, 0.15) is 0 Å². The fourth-order valence-electron chi connectivity index (χ4n) is 2.42. The van der Waals surface area contributed by atoms with Crippen LogP contribution in [0.2, 0.25) is 0 Å². The molecule has 0 aromatic carbocycles. The van der Waals surface area contributed by atoms with Crippen LogP contribution >= 0.6 is 11.6 Å². The van der Waals surface area contributed by atoms with Crippen LogP contribution in [0.4, 0.5) is 0 Å². The second kappa shape index (κ2) is 8.34. The highest BCUT2D eigenvalue weighted by atomic mass is 35.5. The summed E-state index contributed by atoms with van der Waals surface area (Å²) in [5.41, 5.74) is 0.297. The summed E-state index contributed by atoms with van der Waals surface area (Å²) in [4.78, 5) is 0. The lowest BCUT2D eigenvalue weighted by Gasteiger charge is -2.29. The zero-order valence-electron chi connectivity index (χ0n) is 11.4. The minimum Gasteiger partial charge on any atom is -0.378 e. The van der Waals surface area contributed by atoms with Gasteiger partial charge in [0.25, 0.3) is 0 Å². The molecule has 1 aliphatic heterocycles. The molecule has 102 valence electrons. The molecule has 0 aromatic rings. The van der Waals surface area contributed by atoms with E-state index in [1.807, 2.05) is 0 Å². The van der Waals surface area contributed by atoms with E-state index in [9.17, 15) is 0 Å². The van der Waals surface area contributed by atoms with Gasteiger partial charge in [-0.3, -0.25) is 0 Å². The topological polar surface area (TPSA) is 21.3 Å². The number of nitrogens with one attached hydrogen (secondary N) is 1. The maximum Gasteiger partial charge on any atom is 0.0576 e. The van der Waals surface area contributed by atoms with Crippen LogP contribution in [0.5, 0.6) is 0 Å². The molecule has 1 unspecified atom stereocenters. The lowest BCUT2D eigenvalue weighted by Crippen LogP contribution is -2.35. The first-order valence-corrected chi connectivity index (χ1v) is 7.68. The molecule has 1 saturated heterocycles. The van der Waals surface area contributed by atoms with Crippen LogP contribution < -0.4 is 5.32 Å². The average molecular weight is 262 g/mol. The predicted octanol–water partition coefficient (Wildman–Crippen LogP) is 3.58. The molecule has 1 heterocycles. The molecule has 17 heavy (non-hydrogen) atoms. The second-order valence-corrected chi connectivity index (χ2v) is 5.56. The first-order chi connectivity index (χ1) is 8.26. The Morgan fingerprint density at radius 3 is 2.65 bits per heavy atom. The number of hydrogen-bond acceptors (Lipinski definition) is 2. The molecule has 1 fully saturated rings. The average Bonchev–Trinajstić information content (AvgIpc) is 2.88. The number of alkyl halides is 1. The van der Waals surface area contributed by atoms with E-state index in [1.54, 1.807) is 0 Å². The van der Waals surface area contributed by atoms with E-state index >= 15 is 0 Å². The molecule has 0 radical (unpaired) electrons. The van der Waals surface area contributed by atoms with Crippen molar-refractivity contribution in [3.05, 3.63) is 0 Å². The summed E-state index contributed by atoms with van der Waals surface area (Å²) >= 11 is 6.08. The number of hydrogen-bond donors (Lipinski definition) is 1. The summed E-state index contributed by atoms with van der Waals surface area (Å²) in [5, 5.41) is 3.56. The smallest absolute Gasteiger partial charge is 0.0576 e. The quantitative estimate of drug-likeness (QED) is 0.506. The maximum absolute atomic E-state index is 6.08. The molecular weight excluding hydrogens is 234 g/mol. The van der Waals surface area contributed by atoms with Crippen molar-refractivity contribution in [3.63, 3.8) is 0 Å². The van der Waals surface area contributed by atoms with Gasteiger partial charge in [-0.15, -0.1) is 11.6 Å². The largest absolute Gasteiger partial charge is 0.378 e. The zero-order valence-corrected chi connectivity index (χ0v) is 12.2. The third kappa shape index (κ3) is 5.15. The predicted molar refractivity (Wildman–Crippen MR) is 74.8 cm³/mol. The van der Waals surface area contributed by atoms with Crippen molar-refractivity contribution in [2.75, 3.05) is 25.6 Å². The van der Waals surface area contributed by atoms with E-state index in [0.717, 1.165) is 38.4 Å². The Labute approximate surface area is 111 Å². The van der Waals surface area contributed by atoms with Gasteiger partial charge in [0, 0.05) is 19.0 Å². The molecule has 1 N–H and O–H groups in total. The van der Waals surface area contributed by atoms with E-state index in [2.05, 4.69) is 19.2 Å². The maximum atomic E-state index is 6.08. The molecule has 1 aliphatic rings. The van der Waals surface area contributed by atoms with Gasteiger partial charge in [0.2, 0.25) is 0 Å². The lowest BCUT2D eigenvalue weighted by molar-refractivity contribution is 0.102. The fourth-order valence-corrected chi connectivity index (χ4v) is 2.89. The van der Waals surface area contributed by atoms with Crippen molar-refractivity contribution in [2.24, 2.45) is 5.41 Å². The highest BCUT2D eigenvalue weighted by Gasteiger charge is 2.24. The molecule has 1 atom stereocenters. The van der Waals surface area contributed by atoms with Crippen LogP contribution in [0.3, 0.4) is 0 Å². The van der Waals surface area contributed by atoms with Crippen LogP contribution in [0.1, 0.15) is 52.4 Å². The third-order valence-electron chi connectivity index (χ3n) is 4.19. The van der Waals surface area contributed by atoms with E-state index < -0.39 is 0 Å². The van der Waals surface area contributed by atoms with Crippen LogP contribution in [0, 0.1) is 5.41 Å². The standard InChI is InChI=1S/C14H28ClNO/c1-3-14(4-2,11-15)12-16-9-5-7-13-8-6-10-17-13/h13,16H,3-12H2,1-2H3.